The SMILES string of the molecule is N#Cc1cccc2ccccc12.O=S(=O)(c1ccccc1)c1cc2c3c(ccc2c2ccccc12)CCCC3. The monoisotopic (exact) mass is 525 g/mol. The number of benzene rings is 6. The summed E-state index contributed by atoms with van der Waals surface area (Å²) in [5.41, 5.74) is 3.44. The lowest BCUT2D eigenvalue weighted by Gasteiger charge is -2.20. The summed E-state index contributed by atoms with van der Waals surface area (Å²) in [5.74, 6) is 0. The highest BCUT2D eigenvalue weighted by Crippen LogP contribution is 2.38. The Balaban J connectivity index is 0.000000193. The number of sulfone groups is 1. The number of fused-ring (bicyclic) bond motifs is 6. The average molecular weight is 526 g/mol. The molecule has 0 saturated carbocycles. The van der Waals surface area contributed by atoms with Crippen molar-refractivity contribution >= 4 is 42.2 Å². The van der Waals surface area contributed by atoms with Crippen molar-refractivity contribution < 1.29 is 8.42 Å². The zero-order valence-corrected chi connectivity index (χ0v) is 22.3. The first kappa shape index (κ1) is 24.9. The number of rotatable bonds is 2. The Morgan fingerprint density at radius 2 is 1.23 bits per heavy atom. The molecule has 0 spiro atoms. The topological polar surface area (TPSA) is 57.9 Å². The first-order valence-electron chi connectivity index (χ1n) is 13.2. The van der Waals surface area contributed by atoms with Gasteiger partial charge in [-0.15, -0.1) is 0 Å². The highest BCUT2D eigenvalue weighted by molar-refractivity contribution is 7.91. The van der Waals surface area contributed by atoms with Crippen LogP contribution >= 0.6 is 0 Å². The standard InChI is InChI=1S/C24H20O2S.C11H7N/c25-27(26,18-9-2-1-3-10-18)24-16-23-19-11-5-4-8-17(19)14-15-21(23)20-12-6-7-13-22(20)24;12-8-10-6-3-5-9-4-1-2-7-11(9)10/h1-3,6-7,9-10,12-16H,4-5,8,11H2;1-7H. The van der Waals surface area contributed by atoms with Crippen molar-refractivity contribution in [3.8, 4) is 6.07 Å². The van der Waals surface area contributed by atoms with Crippen LogP contribution < -0.4 is 0 Å². The van der Waals surface area contributed by atoms with E-state index in [1.165, 1.54) is 24.0 Å². The molecule has 0 heterocycles. The third kappa shape index (κ3) is 4.56. The van der Waals surface area contributed by atoms with Crippen LogP contribution in [0.4, 0.5) is 0 Å². The quantitative estimate of drug-likeness (QED) is 0.213. The van der Waals surface area contributed by atoms with Crippen LogP contribution in [0.5, 0.6) is 0 Å². The Hall–Kier alpha value is -4.46. The molecule has 0 N–H and O–H groups in total. The van der Waals surface area contributed by atoms with Gasteiger partial charge in [-0.2, -0.15) is 5.26 Å². The molecule has 0 aliphatic heterocycles. The molecular formula is C35H27NO2S. The van der Waals surface area contributed by atoms with Crippen LogP contribution in [0.1, 0.15) is 29.5 Å². The molecule has 39 heavy (non-hydrogen) atoms. The van der Waals surface area contributed by atoms with E-state index in [-0.39, 0.29) is 0 Å². The molecule has 0 amide bonds. The summed E-state index contributed by atoms with van der Waals surface area (Å²) in [7, 11) is -3.58. The van der Waals surface area contributed by atoms with E-state index >= 15 is 0 Å². The molecule has 0 unspecified atom stereocenters. The minimum atomic E-state index is -3.58. The minimum absolute atomic E-state index is 0.347. The van der Waals surface area contributed by atoms with Gasteiger partial charge < -0.3 is 0 Å². The molecule has 6 aromatic carbocycles. The van der Waals surface area contributed by atoms with Crippen molar-refractivity contribution in [3.63, 3.8) is 0 Å². The molecule has 3 nitrogen and oxygen atoms in total. The fourth-order valence-corrected chi connectivity index (χ4v) is 7.18. The van der Waals surface area contributed by atoms with Gasteiger partial charge in [0.2, 0.25) is 9.84 Å². The lowest BCUT2D eigenvalue weighted by atomic mass is 9.86. The fourth-order valence-electron chi connectivity index (χ4n) is 5.67. The van der Waals surface area contributed by atoms with E-state index in [0.717, 1.165) is 50.7 Å². The normalized spacial score (nSPS) is 12.9. The predicted molar refractivity (Wildman–Crippen MR) is 159 cm³/mol. The smallest absolute Gasteiger partial charge is 0.207 e. The van der Waals surface area contributed by atoms with Gasteiger partial charge in [0.15, 0.2) is 0 Å². The van der Waals surface area contributed by atoms with Crippen molar-refractivity contribution in [3.05, 3.63) is 132 Å². The second-order valence-corrected chi connectivity index (χ2v) is 11.8. The van der Waals surface area contributed by atoms with Gasteiger partial charge in [-0.3, -0.25) is 0 Å². The third-order valence-corrected chi connectivity index (χ3v) is 9.40. The van der Waals surface area contributed by atoms with Crippen LogP contribution in [0, 0.1) is 11.3 Å². The maximum absolute atomic E-state index is 13.5. The van der Waals surface area contributed by atoms with Crippen molar-refractivity contribution in [1.82, 2.24) is 0 Å². The van der Waals surface area contributed by atoms with Gasteiger partial charge in [-0.25, -0.2) is 8.42 Å². The number of hydrogen-bond donors (Lipinski definition) is 0. The Bertz CT molecular complexity index is 1980. The van der Waals surface area contributed by atoms with E-state index < -0.39 is 9.84 Å². The molecule has 6 aromatic rings. The lowest BCUT2D eigenvalue weighted by molar-refractivity contribution is 0.597. The molecule has 4 heteroatoms. The summed E-state index contributed by atoms with van der Waals surface area (Å²) < 4.78 is 26.9. The maximum atomic E-state index is 13.5. The van der Waals surface area contributed by atoms with Crippen molar-refractivity contribution in [2.45, 2.75) is 35.5 Å². The molecule has 0 fully saturated rings. The Kier molecular flexibility index (Phi) is 6.60. The van der Waals surface area contributed by atoms with E-state index in [0.29, 0.717) is 9.79 Å². The van der Waals surface area contributed by atoms with Crippen LogP contribution in [-0.4, -0.2) is 8.42 Å². The van der Waals surface area contributed by atoms with Gasteiger partial charge >= 0.3 is 0 Å². The van der Waals surface area contributed by atoms with Gasteiger partial charge in [0.1, 0.15) is 0 Å². The molecule has 0 saturated heterocycles. The Morgan fingerprint density at radius 3 is 2.03 bits per heavy atom. The highest BCUT2D eigenvalue weighted by Gasteiger charge is 2.23. The first-order chi connectivity index (χ1) is 19.1. The first-order valence-corrected chi connectivity index (χ1v) is 14.7. The number of nitriles is 1. The molecule has 0 bridgehead atoms. The van der Waals surface area contributed by atoms with Crippen LogP contribution in [0.15, 0.2) is 125 Å². The van der Waals surface area contributed by atoms with Gasteiger partial charge in [0.05, 0.1) is 21.4 Å². The minimum Gasteiger partial charge on any atom is -0.218 e. The molecule has 0 radical (unpaired) electrons. The second kappa shape index (κ2) is 10.4. The Labute approximate surface area is 228 Å². The van der Waals surface area contributed by atoms with Gasteiger partial charge in [-0.1, -0.05) is 91.0 Å². The van der Waals surface area contributed by atoms with Crippen molar-refractivity contribution in [2.24, 2.45) is 0 Å². The van der Waals surface area contributed by atoms with E-state index in [2.05, 4.69) is 18.2 Å². The van der Waals surface area contributed by atoms with E-state index in [9.17, 15) is 8.42 Å². The zero-order chi connectivity index (χ0) is 26.8. The largest absolute Gasteiger partial charge is 0.218 e. The molecule has 190 valence electrons. The average Bonchev–Trinajstić information content (AvgIpc) is 3.01. The highest BCUT2D eigenvalue weighted by atomic mass is 32.2. The molecule has 1 aliphatic rings. The number of hydrogen-bond acceptors (Lipinski definition) is 3. The molecule has 0 aromatic heterocycles. The van der Waals surface area contributed by atoms with Crippen LogP contribution in [-0.2, 0) is 22.7 Å². The number of nitrogens with zero attached hydrogens (tertiary/aromatic N) is 1. The second-order valence-electron chi connectivity index (χ2n) is 9.88. The Morgan fingerprint density at radius 1 is 0.590 bits per heavy atom. The van der Waals surface area contributed by atoms with Crippen LogP contribution in [0.3, 0.4) is 0 Å². The van der Waals surface area contributed by atoms with E-state index in [1.54, 1.807) is 24.3 Å². The summed E-state index contributed by atoms with van der Waals surface area (Å²) in [5, 5.41) is 15.0. The summed E-state index contributed by atoms with van der Waals surface area (Å²) in [6.07, 6.45) is 4.48. The molecular weight excluding hydrogens is 498 g/mol. The van der Waals surface area contributed by atoms with Gasteiger partial charge in [0.25, 0.3) is 0 Å². The van der Waals surface area contributed by atoms with Crippen LogP contribution in [0.25, 0.3) is 32.3 Å². The van der Waals surface area contributed by atoms with E-state index in [4.69, 9.17) is 5.26 Å². The summed E-state index contributed by atoms with van der Waals surface area (Å²) in [6, 6.07) is 38.7. The van der Waals surface area contributed by atoms with Gasteiger partial charge in [-0.05, 0) is 88.0 Å². The van der Waals surface area contributed by atoms with Gasteiger partial charge in [0, 0.05) is 5.39 Å². The predicted octanol–water partition coefficient (Wildman–Crippen LogP) is 8.42. The molecule has 7 rings (SSSR count). The fraction of sp³-hybridized carbons (Fsp3) is 0.114. The van der Waals surface area contributed by atoms with E-state index in [1.807, 2.05) is 78.9 Å². The molecule has 1 aliphatic carbocycles. The number of aryl methyl sites for hydroxylation is 2. The summed E-state index contributed by atoms with van der Waals surface area (Å²) >= 11 is 0. The lowest BCUT2D eigenvalue weighted by Crippen LogP contribution is -2.06. The van der Waals surface area contributed by atoms with Crippen LogP contribution in [0.2, 0.25) is 0 Å². The summed E-state index contributed by atoms with van der Waals surface area (Å²) in [6.45, 7) is 0. The van der Waals surface area contributed by atoms with Crippen molar-refractivity contribution in [1.29, 1.82) is 5.26 Å². The third-order valence-electron chi connectivity index (χ3n) is 7.59. The maximum Gasteiger partial charge on any atom is 0.207 e. The van der Waals surface area contributed by atoms with Crippen molar-refractivity contribution in [2.75, 3.05) is 0 Å². The zero-order valence-electron chi connectivity index (χ0n) is 21.5. The summed E-state index contributed by atoms with van der Waals surface area (Å²) in [4.78, 5) is 0.759. The molecule has 0 atom stereocenters.